The normalized spacial score (nSPS) is 26.9. The first-order valence-electron chi connectivity index (χ1n) is 6.43. The van der Waals surface area contributed by atoms with E-state index in [4.69, 9.17) is 10.5 Å². The summed E-state index contributed by atoms with van der Waals surface area (Å²) in [4.78, 5) is 4.25. The van der Waals surface area contributed by atoms with Crippen LogP contribution >= 0.6 is 15.9 Å². The van der Waals surface area contributed by atoms with Crippen molar-refractivity contribution in [2.75, 3.05) is 5.73 Å². The van der Waals surface area contributed by atoms with Crippen LogP contribution in [0.3, 0.4) is 0 Å². The van der Waals surface area contributed by atoms with Gasteiger partial charge in [-0.2, -0.15) is 0 Å². The number of rotatable bonds is 2. The van der Waals surface area contributed by atoms with Gasteiger partial charge in [-0.05, 0) is 52.6 Å². The number of halogens is 1. The van der Waals surface area contributed by atoms with Gasteiger partial charge in [0.1, 0.15) is 6.10 Å². The highest BCUT2D eigenvalue weighted by Crippen LogP contribution is 2.40. The Balaban J connectivity index is 2.09. The Bertz CT molecular complexity index is 434. The second kappa shape index (κ2) is 5.08. The van der Waals surface area contributed by atoms with E-state index >= 15 is 0 Å². The van der Waals surface area contributed by atoms with E-state index in [0.717, 1.165) is 17.3 Å². The van der Waals surface area contributed by atoms with Crippen molar-refractivity contribution in [3.63, 3.8) is 0 Å². The zero-order chi connectivity index (χ0) is 13.3. The number of nitrogens with two attached hydrogens (primary N) is 1. The highest BCUT2D eigenvalue weighted by Gasteiger charge is 2.33. The van der Waals surface area contributed by atoms with Crippen molar-refractivity contribution in [1.82, 2.24) is 4.98 Å². The fourth-order valence-corrected chi connectivity index (χ4v) is 3.49. The molecule has 0 radical (unpaired) electrons. The van der Waals surface area contributed by atoms with Crippen LogP contribution in [0, 0.1) is 11.3 Å². The number of aromatic nitrogens is 1. The van der Waals surface area contributed by atoms with Crippen LogP contribution in [0.5, 0.6) is 5.88 Å². The summed E-state index contributed by atoms with van der Waals surface area (Å²) in [5.74, 6) is 1.35. The molecule has 1 aliphatic rings. The van der Waals surface area contributed by atoms with Crippen LogP contribution in [0.15, 0.2) is 16.7 Å². The quantitative estimate of drug-likeness (QED) is 0.897. The van der Waals surface area contributed by atoms with E-state index in [9.17, 15) is 0 Å². The second-order valence-corrected chi connectivity index (χ2v) is 7.06. The van der Waals surface area contributed by atoms with Crippen LogP contribution in [0.4, 0.5) is 5.69 Å². The van der Waals surface area contributed by atoms with E-state index in [0.29, 0.717) is 22.9 Å². The molecule has 2 N–H and O–H groups in total. The third-order valence-electron chi connectivity index (χ3n) is 3.45. The van der Waals surface area contributed by atoms with Gasteiger partial charge in [0.2, 0.25) is 5.88 Å². The Morgan fingerprint density at radius 1 is 1.44 bits per heavy atom. The molecule has 4 heteroatoms. The molecular formula is C14H21BrN2O. The Hall–Kier alpha value is -0.770. The molecule has 1 saturated carbocycles. The number of pyridine rings is 1. The maximum Gasteiger partial charge on any atom is 0.228 e. The summed E-state index contributed by atoms with van der Waals surface area (Å²) < 4.78 is 6.87. The third-order valence-corrected chi connectivity index (χ3v) is 4.02. The lowest BCUT2D eigenvalue weighted by Crippen LogP contribution is -2.34. The van der Waals surface area contributed by atoms with E-state index in [1.807, 2.05) is 6.07 Å². The van der Waals surface area contributed by atoms with Gasteiger partial charge in [0, 0.05) is 0 Å². The van der Waals surface area contributed by atoms with Gasteiger partial charge in [0.15, 0.2) is 0 Å². The Morgan fingerprint density at radius 3 is 2.78 bits per heavy atom. The third kappa shape index (κ3) is 3.37. The molecule has 3 nitrogen and oxygen atoms in total. The van der Waals surface area contributed by atoms with Crippen molar-refractivity contribution in [2.45, 2.75) is 46.1 Å². The van der Waals surface area contributed by atoms with E-state index < -0.39 is 0 Å². The molecule has 1 aromatic rings. The molecule has 18 heavy (non-hydrogen) atoms. The second-order valence-electron chi connectivity index (χ2n) is 6.21. The van der Waals surface area contributed by atoms with Crippen molar-refractivity contribution in [3.05, 3.63) is 16.7 Å². The van der Waals surface area contributed by atoms with E-state index in [2.05, 4.69) is 41.7 Å². The van der Waals surface area contributed by atoms with Crippen LogP contribution < -0.4 is 10.5 Å². The summed E-state index contributed by atoms with van der Waals surface area (Å²) in [5.41, 5.74) is 6.67. The number of hydrogen-bond acceptors (Lipinski definition) is 3. The molecule has 0 saturated heterocycles. The molecule has 2 atom stereocenters. The van der Waals surface area contributed by atoms with Crippen molar-refractivity contribution < 1.29 is 4.74 Å². The maximum atomic E-state index is 6.03. The van der Waals surface area contributed by atoms with Gasteiger partial charge in [-0.15, -0.1) is 0 Å². The smallest absolute Gasteiger partial charge is 0.228 e. The molecule has 2 rings (SSSR count). The van der Waals surface area contributed by atoms with Crippen molar-refractivity contribution in [3.8, 4) is 5.88 Å². The molecule has 100 valence electrons. The number of anilines is 1. The summed E-state index contributed by atoms with van der Waals surface area (Å²) >= 11 is 3.45. The topological polar surface area (TPSA) is 48.1 Å². The SMILES string of the molecule is CC1CC(Oc2ncc(N)cc2Br)CC(C)(C)C1. The van der Waals surface area contributed by atoms with E-state index in [1.54, 1.807) is 6.20 Å². The van der Waals surface area contributed by atoms with Gasteiger partial charge in [-0.3, -0.25) is 0 Å². The minimum Gasteiger partial charge on any atom is -0.474 e. The van der Waals surface area contributed by atoms with Crippen LogP contribution in [-0.2, 0) is 0 Å². The van der Waals surface area contributed by atoms with Gasteiger partial charge < -0.3 is 10.5 Å². The first kappa shape index (κ1) is 13.7. The van der Waals surface area contributed by atoms with Crippen LogP contribution in [0.2, 0.25) is 0 Å². The Labute approximate surface area is 117 Å². The van der Waals surface area contributed by atoms with Gasteiger partial charge in [-0.25, -0.2) is 4.98 Å². The predicted molar refractivity (Wildman–Crippen MR) is 77.6 cm³/mol. The lowest BCUT2D eigenvalue weighted by atomic mass is 9.71. The predicted octanol–water partition coefficient (Wildman–Crippen LogP) is 4.02. The van der Waals surface area contributed by atoms with Gasteiger partial charge in [0.25, 0.3) is 0 Å². The van der Waals surface area contributed by atoms with Crippen molar-refractivity contribution in [1.29, 1.82) is 0 Å². The summed E-state index contributed by atoms with van der Waals surface area (Å²) in [6.07, 6.45) is 5.33. The van der Waals surface area contributed by atoms with Gasteiger partial charge in [-0.1, -0.05) is 20.8 Å². The van der Waals surface area contributed by atoms with Crippen molar-refractivity contribution >= 4 is 21.6 Å². The highest BCUT2D eigenvalue weighted by molar-refractivity contribution is 9.10. The molecule has 0 amide bonds. The monoisotopic (exact) mass is 312 g/mol. The lowest BCUT2D eigenvalue weighted by molar-refractivity contribution is 0.0527. The first-order valence-corrected chi connectivity index (χ1v) is 7.23. The van der Waals surface area contributed by atoms with Gasteiger partial charge >= 0.3 is 0 Å². The number of ether oxygens (including phenoxy) is 1. The van der Waals surface area contributed by atoms with Crippen LogP contribution in [0.25, 0.3) is 0 Å². The summed E-state index contributed by atoms with van der Waals surface area (Å²) in [7, 11) is 0. The summed E-state index contributed by atoms with van der Waals surface area (Å²) in [5, 5.41) is 0. The number of hydrogen-bond donors (Lipinski definition) is 1. The maximum absolute atomic E-state index is 6.03. The molecule has 2 unspecified atom stereocenters. The average molecular weight is 313 g/mol. The standard InChI is InChI=1S/C14H21BrN2O/c1-9-4-11(7-14(2,3)6-9)18-13-12(15)5-10(16)8-17-13/h5,8-9,11H,4,6-7,16H2,1-3H3. The van der Waals surface area contributed by atoms with E-state index in [-0.39, 0.29) is 6.10 Å². The molecule has 0 aromatic carbocycles. The molecule has 1 aliphatic carbocycles. The molecule has 1 heterocycles. The molecule has 1 aromatic heterocycles. The first-order chi connectivity index (χ1) is 8.35. The fourth-order valence-electron chi connectivity index (χ4n) is 3.03. The highest BCUT2D eigenvalue weighted by atomic mass is 79.9. The number of nitrogen functional groups attached to an aromatic ring is 1. The van der Waals surface area contributed by atoms with E-state index in [1.165, 1.54) is 6.42 Å². The minimum absolute atomic E-state index is 0.246. The van der Waals surface area contributed by atoms with Crippen LogP contribution in [-0.4, -0.2) is 11.1 Å². The lowest BCUT2D eigenvalue weighted by Gasteiger charge is -2.38. The zero-order valence-electron chi connectivity index (χ0n) is 11.2. The number of nitrogens with zero attached hydrogens (tertiary/aromatic N) is 1. The molecule has 0 aliphatic heterocycles. The minimum atomic E-state index is 0.246. The largest absolute Gasteiger partial charge is 0.474 e. The summed E-state index contributed by atoms with van der Waals surface area (Å²) in [6.45, 7) is 6.91. The molecule has 0 spiro atoms. The molecule has 0 bridgehead atoms. The van der Waals surface area contributed by atoms with Gasteiger partial charge in [0.05, 0.1) is 16.4 Å². The molecule has 1 fully saturated rings. The molecular weight excluding hydrogens is 292 g/mol. The van der Waals surface area contributed by atoms with Crippen LogP contribution in [0.1, 0.15) is 40.0 Å². The Kier molecular flexibility index (Phi) is 3.85. The zero-order valence-corrected chi connectivity index (χ0v) is 12.8. The average Bonchev–Trinajstić information content (AvgIpc) is 2.19. The Morgan fingerprint density at radius 2 is 2.17 bits per heavy atom. The fraction of sp³-hybridized carbons (Fsp3) is 0.643. The van der Waals surface area contributed by atoms with Crippen molar-refractivity contribution in [2.24, 2.45) is 11.3 Å². The summed E-state index contributed by atoms with van der Waals surface area (Å²) in [6, 6.07) is 1.83.